The molecule has 12 rings (SSSR count). The van der Waals surface area contributed by atoms with Crippen molar-refractivity contribution < 1.29 is 4.39 Å². The van der Waals surface area contributed by atoms with Crippen LogP contribution in [0.15, 0.2) is 218 Å². The molecular weight excluding hydrogens is 1280 g/mol. The summed E-state index contributed by atoms with van der Waals surface area (Å²) in [5.74, 6) is 9.76. The minimum Gasteiger partial charge on any atom is -0.207 e. The van der Waals surface area contributed by atoms with Crippen molar-refractivity contribution in [3.05, 3.63) is 297 Å². The average molecular weight is 1440 g/mol. The van der Waals surface area contributed by atoms with Crippen LogP contribution in [0.2, 0.25) is 0 Å². The number of fused-ring (bicyclic) bond motifs is 1. The third-order valence-corrected chi connectivity index (χ3v) is 19.9. The molecule has 3 aliphatic rings. The zero-order valence-corrected chi connectivity index (χ0v) is 70.1. The highest BCUT2D eigenvalue weighted by molar-refractivity contribution is 5.83. The summed E-state index contributed by atoms with van der Waals surface area (Å²) in [4.78, 5) is 0. The lowest BCUT2D eigenvalue weighted by atomic mass is 9.95. The normalized spacial score (nSPS) is 12.5. The van der Waals surface area contributed by atoms with Gasteiger partial charge in [-0.3, -0.25) is 0 Å². The molecule has 0 aliphatic heterocycles. The summed E-state index contributed by atoms with van der Waals surface area (Å²) in [6, 6.07) is 75.6. The topological polar surface area (TPSA) is 0 Å². The lowest BCUT2D eigenvalue weighted by molar-refractivity contribution is 0.397. The maximum Gasteiger partial charge on any atom is 0.126 e. The zero-order chi connectivity index (χ0) is 76.6. The number of halogens is 1. The van der Waals surface area contributed by atoms with E-state index < -0.39 is 0 Å². The molecule has 0 unspecified atom stereocenters. The fourth-order valence-electron chi connectivity index (χ4n) is 11.5. The van der Waals surface area contributed by atoms with Crippen molar-refractivity contribution in [1.82, 2.24) is 0 Å². The monoisotopic (exact) mass is 1440 g/mol. The van der Waals surface area contributed by atoms with Gasteiger partial charge in [-0.25, -0.2) is 4.39 Å². The van der Waals surface area contributed by atoms with Crippen LogP contribution < -0.4 is 0 Å². The Hall–Kier alpha value is -6.83. The van der Waals surface area contributed by atoms with Gasteiger partial charge in [-0.15, -0.1) is 0 Å². The first-order chi connectivity index (χ1) is 48.1. The van der Waals surface area contributed by atoms with Crippen LogP contribution in [0.25, 0.3) is 10.8 Å². The summed E-state index contributed by atoms with van der Waals surface area (Å²) in [6.45, 7) is 62.0. The van der Waals surface area contributed by atoms with E-state index in [1.807, 2.05) is 32.0 Å². The van der Waals surface area contributed by atoms with E-state index in [0.717, 1.165) is 40.6 Å². The maximum atomic E-state index is 12.8. The first-order valence-corrected chi connectivity index (χ1v) is 39.7. The Morgan fingerprint density at radius 3 is 0.840 bits per heavy atom. The second-order valence-corrected chi connectivity index (χ2v) is 33.1. The molecule has 590 valence electrons. The van der Waals surface area contributed by atoms with Gasteiger partial charge in [0.2, 0.25) is 0 Å². The molecule has 0 spiro atoms. The summed E-state index contributed by atoms with van der Waals surface area (Å²) in [5.41, 5.74) is 18.5. The van der Waals surface area contributed by atoms with Gasteiger partial charge < -0.3 is 0 Å². The van der Waals surface area contributed by atoms with Crippen LogP contribution >= 0.6 is 0 Å². The van der Waals surface area contributed by atoms with Gasteiger partial charge in [-0.2, -0.15) is 0 Å². The van der Waals surface area contributed by atoms with E-state index in [-0.39, 0.29) is 41.4 Å². The second kappa shape index (κ2) is 55.6. The molecule has 0 saturated heterocycles. The summed E-state index contributed by atoms with van der Waals surface area (Å²) < 4.78 is 12.8. The molecule has 9 aromatic carbocycles. The molecule has 1 heteroatoms. The van der Waals surface area contributed by atoms with E-state index >= 15 is 0 Å². The van der Waals surface area contributed by atoms with Gasteiger partial charge in [0.25, 0.3) is 0 Å². The number of aryl methyl sites for hydroxylation is 5. The molecule has 0 nitrogen and oxygen atoms in total. The van der Waals surface area contributed by atoms with Gasteiger partial charge in [-0.05, 0) is 227 Å². The Bertz CT molecular complexity index is 3330. The lowest BCUT2D eigenvalue weighted by Crippen LogP contribution is -2.01. The van der Waals surface area contributed by atoms with Crippen LogP contribution in [0.5, 0.6) is 0 Å². The molecular formula is C105H163F. The fraction of sp³-hybridized carbons (Fsp3) is 0.505. The number of hydrogen-bond donors (Lipinski definition) is 0. The molecule has 106 heavy (non-hydrogen) atoms. The summed E-state index contributed by atoms with van der Waals surface area (Å²) in [5, 5.41) is 2.67. The van der Waals surface area contributed by atoms with Crippen molar-refractivity contribution in [2.45, 2.75) is 316 Å². The van der Waals surface area contributed by atoms with E-state index in [1.54, 1.807) is 6.07 Å². The summed E-state index contributed by atoms with van der Waals surface area (Å²) in [7, 11) is 0. The predicted molar refractivity (Wildman–Crippen MR) is 484 cm³/mol. The van der Waals surface area contributed by atoms with E-state index in [1.165, 1.54) is 129 Å². The quantitative estimate of drug-likeness (QED) is 0.114. The van der Waals surface area contributed by atoms with E-state index in [2.05, 4.69) is 368 Å². The van der Waals surface area contributed by atoms with Crippen LogP contribution in [0.1, 0.15) is 354 Å². The molecule has 3 saturated carbocycles. The van der Waals surface area contributed by atoms with Crippen LogP contribution in [0.4, 0.5) is 4.39 Å². The molecule has 0 heterocycles. The highest BCUT2D eigenvalue weighted by Crippen LogP contribution is 2.51. The third-order valence-electron chi connectivity index (χ3n) is 19.9. The van der Waals surface area contributed by atoms with Gasteiger partial charge in [0.1, 0.15) is 5.82 Å². The van der Waals surface area contributed by atoms with Crippen LogP contribution in [0.3, 0.4) is 0 Å². The molecule has 0 aromatic heterocycles. The summed E-state index contributed by atoms with van der Waals surface area (Å²) in [6.07, 6.45) is 10.4. The summed E-state index contributed by atoms with van der Waals surface area (Å²) >= 11 is 0. The van der Waals surface area contributed by atoms with Gasteiger partial charge in [-0.1, -0.05) is 425 Å². The largest absolute Gasteiger partial charge is 0.207 e. The van der Waals surface area contributed by atoms with E-state index in [9.17, 15) is 4.39 Å². The van der Waals surface area contributed by atoms with Crippen molar-refractivity contribution in [3.63, 3.8) is 0 Å². The SMILES string of the molecule is C.C.C.C.CC(C)C1(C)CC1.CC(C)C1CC1.CC(C)CC1CC1.CC(C)c1ccc2ccccc2c1.CC(C)c1ccccc1.CC(C)c1ccccc1F.Cc1ccc(C(C)C)cc1.Cc1ccc(C(C)C)cc1.Cc1ccccc1C(C)C.Cc1ccccc1C(C)C.Cc1ccccc1C(C)C. The Kier molecular flexibility index (Phi) is 54.2. The number of benzene rings is 9. The molecule has 0 bridgehead atoms. The van der Waals surface area contributed by atoms with Crippen molar-refractivity contribution in [2.24, 2.45) is 35.0 Å². The van der Waals surface area contributed by atoms with Gasteiger partial charge in [0.05, 0.1) is 0 Å². The van der Waals surface area contributed by atoms with Crippen molar-refractivity contribution in [3.8, 4) is 0 Å². The van der Waals surface area contributed by atoms with Crippen molar-refractivity contribution >= 4 is 10.8 Å². The van der Waals surface area contributed by atoms with Crippen molar-refractivity contribution in [1.29, 1.82) is 0 Å². The molecule has 0 amide bonds. The molecule has 0 N–H and O–H groups in total. The predicted octanol–water partition coefficient (Wildman–Crippen LogP) is 34.8. The standard InChI is InChI=1S/C13H14.5C10H14.C9H11F.C9H12.2C7H14.C6H12.4CH4/c1-10(2)12-8-7-11-5-3-4-6-13(11)9-12;2*1-8(2)10-6-4-9(3)5-7-10;3*1-8(2)10-7-5-4-6-9(10)3;1-7(2)8-5-3-4-6-9(8)10;1-8(2)9-6-4-3-5-7-9;1-6(2)7(3)4-5-7;1-6(2)5-7-3-4-7;1-5(2)6-3-4-6;;;;/h3-10H,1-2H3;5*4-8H,1-3H3;3-7H,1-2H3;3-8H,1-2H3;6H,4-5H2,1-3H3;6-7H,3-5H2,1-2H3;5-6H,3-4H2,1-2H3;4*1H4. The molecule has 0 radical (unpaired) electrons. The number of rotatable bonds is 12. The molecule has 3 fully saturated rings. The van der Waals surface area contributed by atoms with Crippen LogP contribution in [0, 0.1) is 75.4 Å². The van der Waals surface area contributed by atoms with Gasteiger partial charge >= 0.3 is 0 Å². The Morgan fingerprint density at radius 2 is 0.613 bits per heavy atom. The van der Waals surface area contributed by atoms with Gasteiger partial charge in [0.15, 0.2) is 0 Å². The Labute approximate surface area is 658 Å². The number of hydrogen-bond acceptors (Lipinski definition) is 0. The van der Waals surface area contributed by atoms with E-state index in [0.29, 0.717) is 41.4 Å². The third kappa shape index (κ3) is 44.5. The smallest absolute Gasteiger partial charge is 0.126 e. The van der Waals surface area contributed by atoms with E-state index in [4.69, 9.17) is 0 Å². The Balaban J connectivity index is -0.00000110. The first-order valence-electron chi connectivity index (χ1n) is 39.7. The second-order valence-electron chi connectivity index (χ2n) is 33.1. The van der Waals surface area contributed by atoms with Crippen molar-refractivity contribution in [2.75, 3.05) is 0 Å². The molecule has 0 atom stereocenters. The minimum absolute atomic E-state index is 0. The lowest BCUT2D eigenvalue weighted by Gasteiger charge is -2.10. The highest BCUT2D eigenvalue weighted by Gasteiger charge is 2.39. The molecule has 3 aliphatic carbocycles. The zero-order valence-electron chi connectivity index (χ0n) is 70.1. The highest BCUT2D eigenvalue weighted by atomic mass is 19.1. The maximum absolute atomic E-state index is 12.8. The van der Waals surface area contributed by atoms with Crippen LogP contribution in [-0.2, 0) is 0 Å². The average Bonchev–Trinajstić information content (AvgIpc) is 1.69. The Morgan fingerprint density at radius 1 is 0.311 bits per heavy atom. The fourth-order valence-corrected chi connectivity index (χ4v) is 11.5. The van der Waals surface area contributed by atoms with Crippen LogP contribution in [-0.4, -0.2) is 0 Å². The first kappa shape index (κ1) is 103. The molecule has 9 aromatic rings. The minimum atomic E-state index is -0.0995. The van der Waals surface area contributed by atoms with Gasteiger partial charge in [0, 0.05) is 0 Å².